The van der Waals surface area contributed by atoms with Crippen LogP contribution in [0.4, 0.5) is 5.69 Å². The molecule has 1 aliphatic rings. The lowest BCUT2D eigenvalue weighted by atomic mass is 10.3. The van der Waals surface area contributed by atoms with E-state index in [4.69, 9.17) is 16.0 Å². The van der Waals surface area contributed by atoms with Crippen LogP contribution in [-0.2, 0) is 4.79 Å². The minimum absolute atomic E-state index is 0.181. The predicted molar refractivity (Wildman–Crippen MR) is 81.0 cm³/mol. The van der Waals surface area contributed by atoms with E-state index in [-0.39, 0.29) is 5.91 Å². The van der Waals surface area contributed by atoms with Crippen molar-refractivity contribution >= 4 is 46.2 Å². The minimum atomic E-state index is -0.181. The van der Waals surface area contributed by atoms with Crippen molar-refractivity contribution in [1.29, 1.82) is 0 Å². The average Bonchev–Trinajstić information content (AvgIpc) is 3.04. The Bertz CT molecular complexity index is 690. The third kappa shape index (κ3) is 2.95. The lowest BCUT2D eigenvalue weighted by Gasteiger charge is -1.96. The molecule has 3 rings (SSSR count). The maximum Gasteiger partial charge on any atom is 0.264 e. The molecule has 1 N–H and O–H groups in total. The van der Waals surface area contributed by atoms with Crippen molar-refractivity contribution in [3.8, 4) is 0 Å². The third-order valence-electron chi connectivity index (χ3n) is 2.52. The molecule has 0 unspecified atom stereocenters. The van der Waals surface area contributed by atoms with Crippen molar-refractivity contribution in [3.05, 3.63) is 58.3 Å². The molecule has 1 aromatic heterocycles. The highest BCUT2D eigenvalue weighted by atomic mass is 35.5. The highest BCUT2D eigenvalue weighted by molar-refractivity contribution is 8.18. The maximum absolute atomic E-state index is 11.8. The van der Waals surface area contributed by atoms with Crippen LogP contribution in [0.25, 0.3) is 6.08 Å². The number of benzene rings is 1. The van der Waals surface area contributed by atoms with Crippen molar-refractivity contribution in [1.82, 2.24) is 5.32 Å². The molecule has 4 nitrogen and oxygen atoms in total. The first-order valence-electron chi connectivity index (χ1n) is 5.79. The van der Waals surface area contributed by atoms with E-state index in [0.29, 0.717) is 20.9 Å². The van der Waals surface area contributed by atoms with Crippen molar-refractivity contribution in [2.75, 3.05) is 0 Å². The highest BCUT2D eigenvalue weighted by Crippen LogP contribution is 2.28. The van der Waals surface area contributed by atoms with E-state index in [0.717, 1.165) is 5.69 Å². The van der Waals surface area contributed by atoms with Gasteiger partial charge >= 0.3 is 0 Å². The maximum atomic E-state index is 11.8. The smallest absolute Gasteiger partial charge is 0.264 e. The van der Waals surface area contributed by atoms with Crippen molar-refractivity contribution < 1.29 is 9.21 Å². The molecule has 0 saturated carbocycles. The number of amidine groups is 1. The van der Waals surface area contributed by atoms with Gasteiger partial charge in [-0.25, -0.2) is 4.99 Å². The molecule has 6 heteroatoms. The first-order valence-corrected chi connectivity index (χ1v) is 6.99. The summed E-state index contributed by atoms with van der Waals surface area (Å²) in [7, 11) is 0. The molecule has 1 fully saturated rings. The van der Waals surface area contributed by atoms with Gasteiger partial charge in [0, 0.05) is 11.1 Å². The first kappa shape index (κ1) is 13.0. The monoisotopic (exact) mass is 304 g/mol. The second kappa shape index (κ2) is 5.56. The molecule has 0 aliphatic carbocycles. The molecule has 1 aliphatic heterocycles. The average molecular weight is 305 g/mol. The normalized spacial score (nSPS) is 18.8. The third-order valence-corrected chi connectivity index (χ3v) is 3.69. The Kier molecular flexibility index (Phi) is 3.62. The number of furan rings is 1. The predicted octanol–water partition coefficient (Wildman–Crippen LogP) is 3.82. The van der Waals surface area contributed by atoms with Crippen LogP contribution in [-0.4, -0.2) is 11.1 Å². The summed E-state index contributed by atoms with van der Waals surface area (Å²) in [6.07, 6.45) is 3.25. The molecule has 0 bridgehead atoms. The lowest BCUT2D eigenvalue weighted by molar-refractivity contribution is -0.115. The van der Waals surface area contributed by atoms with E-state index in [1.807, 2.05) is 0 Å². The van der Waals surface area contributed by atoms with Gasteiger partial charge in [-0.05, 0) is 48.2 Å². The summed E-state index contributed by atoms with van der Waals surface area (Å²) in [5.74, 6) is 0.453. The van der Waals surface area contributed by atoms with Gasteiger partial charge in [0.05, 0.1) is 16.9 Å². The number of hydrogen-bond acceptors (Lipinski definition) is 4. The van der Waals surface area contributed by atoms with Crippen molar-refractivity contribution in [3.63, 3.8) is 0 Å². The van der Waals surface area contributed by atoms with Gasteiger partial charge in [0.2, 0.25) is 0 Å². The Labute approximate surface area is 124 Å². The number of nitrogens with zero attached hydrogens (tertiary/aromatic N) is 1. The SMILES string of the molecule is O=C1NC(=Nc2ccc(Cl)cc2)SC1=Cc1ccco1. The zero-order valence-electron chi connectivity index (χ0n) is 10.2. The number of hydrogen-bond donors (Lipinski definition) is 1. The topological polar surface area (TPSA) is 54.6 Å². The number of thioether (sulfide) groups is 1. The van der Waals surface area contributed by atoms with Crippen molar-refractivity contribution in [2.24, 2.45) is 4.99 Å². The van der Waals surface area contributed by atoms with E-state index >= 15 is 0 Å². The van der Waals surface area contributed by atoms with Gasteiger partial charge in [-0.3, -0.25) is 4.79 Å². The van der Waals surface area contributed by atoms with E-state index < -0.39 is 0 Å². The Hall–Kier alpha value is -1.98. The molecule has 0 radical (unpaired) electrons. The van der Waals surface area contributed by atoms with E-state index in [1.165, 1.54) is 11.8 Å². The second-order valence-electron chi connectivity index (χ2n) is 3.97. The van der Waals surface area contributed by atoms with Crippen LogP contribution in [0.15, 0.2) is 57.0 Å². The molecular formula is C14H9ClN2O2S. The Balaban J connectivity index is 1.81. The quantitative estimate of drug-likeness (QED) is 0.858. The van der Waals surface area contributed by atoms with E-state index in [1.54, 1.807) is 48.7 Å². The fraction of sp³-hybridized carbons (Fsp3) is 0. The number of nitrogens with one attached hydrogen (secondary N) is 1. The molecule has 2 heterocycles. The van der Waals surface area contributed by atoms with Crippen LogP contribution in [0.3, 0.4) is 0 Å². The Morgan fingerprint density at radius 1 is 1.25 bits per heavy atom. The molecule has 1 aromatic carbocycles. The largest absolute Gasteiger partial charge is 0.465 e. The standard InChI is InChI=1S/C14H9ClN2O2S/c15-9-3-5-10(6-4-9)16-14-17-13(18)12(20-14)8-11-2-1-7-19-11/h1-8H,(H,16,17,18). The summed E-state index contributed by atoms with van der Waals surface area (Å²) in [4.78, 5) is 16.7. The Morgan fingerprint density at radius 3 is 2.75 bits per heavy atom. The number of rotatable bonds is 2. The van der Waals surface area contributed by atoms with Crippen LogP contribution in [0.5, 0.6) is 0 Å². The summed E-state index contributed by atoms with van der Waals surface area (Å²) in [6, 6.07) is 10.6. The molecular weight excluding hydrogens is 296 g/mol. The van der Waals surface area contributed by atoms with Crippen LogP contribution in [0, 0.1) is 0 Å². The zero-order chi connectivity index (χ0) is 13.9. The summed E-state index contributed by atoms with van der Waals surface area (Å²) >= 11 is 7.08. The van der Waals surface area contributed by atoms with Crippen LogP contribution < -0.4 is 5.32 Å². The Morgan fingerprint density at radius 2 is 2.05 bits per heavy atom. The van der Waals surface area contributed by atoms with Crippen molar-refractivity contribution in [2.45, 2.75) is 0 Å². The minimum Gasteiger partial charge on any atom is -0.465 e. The molecule has 100 valence electrons. The molecule has 20 heavy (non-hydrogen) atoms. The fourth-order valence-electron chi connectivity index (χ4n) is 1.62. The summed E-state index contributed by atoms with van der Waals surface area (Å²) in [6.45, 7) is 0. The zero-order valence-corrected chi connectivity index (χ0v) is 11.7. The lowest BCUT2D eigenvalue weighted by Crippen LogP contribution is -2.19. The number of carbonyl (C=O) groups is 1. The van der Waals surface area contributed by atoms with Gasteiger partial charge in [-0.1, -0.05) is 11.6 Å². The second-order valence-corrected chi connectivity index (χ2v) is 5.44. The van der Waals surface area contributed by atoms with Gasteiger partial charge in [-0.2, -0.15) is 0 Å². The van der Waals surface area contributed by atoms with Gasteiger partial charge in [0.1, 0.15) is 5.76 Å². The van der Waals surface area contributed by atoms with Gasteiger partial charge < -0.3 is 9.73 Å². The number of amides is 1. The van der Waals surface area contributed by atoms with Crippen LogP contribution >= 0.6 is 23.4 Å². The number of carbonyl (C=O) groups excluding carboxylic acids is 1. The summed E-state index contributed by atoms with van der Waals surface area (Å²) in [5, 5.41) is 3.90. The fourth-order valence-corrected chi connectivity index (χ4v) is 2.56. The molecule has 0 atom stereocenters. The van der Waals surface area contributed by atoms with E-state index in [2.05, 4.69) is 10.3 Å². The molecule has 2 aromatic rings. The van der Waals surface area contributed by atoms with Crippen LogP contribution in [0.1, 0.15) is 5.76 Å². The van der Waals surface area contributed by atoms with Crippen LogP contribution in [0.2, 0.25) is 5.02 Å². The van der Waals surface area contributed by atoms with Gasteiger partial charge in [0.25, 0.3) is 5.91 Å². The molecule has 1 amide bonds. The molecule has 1 saturated heterocycles. The highest BCUT2D eigenvalue weighted by Gasteiger charge is 2.24. The number of aliphatic imine (C=N–C) groups is 1. The first-order chi connectivity index (χ1) is 9.70. The van der Waals surface area contributed by atoms with Gasteiger partial charge in [0.15, 0.2) is 5.17 Å². The summed E-state index contributed by atoms with van der Waals surface area (Å²) in [5.41, 5.74) is 0.733. The summed E-state index contributed by atoms with van der Waals surface area (Å²) < 4.78 is 5.19. The van der Waals surface area contributed by atoms with E-state index in [9.17, 15) is 4.79 Å². The van der Waals surface area contributed by atoms with Gasteiger partial charge in [-0.15, -0.1) is 0 Å². The molecule has 0 spiro atoms. The number of halogens is 1.